The number of hydrogen-bond acceptors (Lipinski definition) is 2. The highest BCUT2D eigenvalue weighted by atomic mass is 32.2. The average molecular weight is 174 g/mol. The van der Waals surface area contributed by atoms with E-state index in [1.807, 2.05) is 0 Å². The van der Waals surface area contributed by atoms with E-state index in [0.29, 0.717) is 0 Å². The smallest absolute Gasteiger partial charge is 0.0684 e. The molecule has 0 aromatic rings. The van der Waals surface area contributed by atoms with E-state index in [2.05, 4.69) is 43.4 Å². The minimum absolute atomic E-state index is 0.749. The molecule has 0 aliphatic carbocycles. The molecule has 0 bridgehead atoms. The maximum atomic E-state index is 2.37. The van der Waals surface area contributed by atoms with Crippen LogP contribution in [0.4, 0.5) is 0 Å². The van der Waals surface area contributed by atoms with Gasteiger partial charge in [-0.15, -0.1) is 23.5 Å². The minimum Gasteiger partial charge on any atom is -0.143 e. The van der Waals surface area contributed by atoms with Gasteiger partial charge in [-0.2, -0.15) is 0 Å². The van der Waals surface area contributed by atoms with Gasteiger partial charge in [-0.05, 0) is 31.8 Å². The van der Waals surface area contributed by atoms with Gasteiger partial charge < -0.3 is 0 Å². The second-order valence-electron chi connectivity index (χ2n) is 2.71. The zero-order chi connectivity index (χ0) is 7.40. The van der Waals surface area contributed by atoms with E-state index < -0.39 is 0 Å². The highest BCUT2D eigenvalue weighted by molar-refractivity contribution is 8.17. The lowest BCUT2D eigenvalue weighted by atomic mass is 10.3. The molecule has 1 rings (SSSR count). The van der Waals surface area contributed by atoms with Crippen LogP contribution in [0.25, 0.3) is 0 Å². The van der Waals surface area contributed by atoms with Crippen molar-refractivity contribution >= 4 is 23.5 Å². The van der Waals surface area contributed by atoms with E-state index in [-0.39, 0.29) is 0 Å². The number of allylic oxidation sites excluding steroid dienone is 1. The Morgan fingerprint density at radius 2 is 1.90 bits per heavy atom. The van der Waals surface area contributed by atoms with Gasteiger partial charge in [-0.3, -0.25) is 0 Å². The first-order chi connectivity index (χ1) is 4.79. The molecule has 0 N–H and O–H groups in total. The molecule has 0 nitrogen and oxygen atoms in total. The van der Waals surface area contributed by atoms with Crippen LogP contribution in [-0.2, 0) is 0 Å². The SMILES string of the molecule is CC(C)=CC1SCCCS1. The molecule has 10 heavy (non-hydrogen) atoms. The molecule has 2 heteroatoms. The van der Waals surface area contributed by atoms with Gasteiger partial charge in [0.05, 0.1) is 4.58 Å². The van der Waals surface area contributed by atoms with Crippen molar-refractivity contribution in [1.29, 1.82) is 0 Å². The lowest BCUT2D eigenvalue weighted by molar-refractivity contribution is 1.11. The van der Waals surface area contributed by atoms with Crippen molar-refractivity contribution in [3.63, 3.8) is 0 Å². The molecule has 58 valence electrons. The van der Waals surface area contributed by atoms with Gasteiger partial charge in [0, 0.05) is 0 Å². The third-order valence-corrected chi connectivity index (χ3v) is 4.12. The third-order valence-electron chi connectivity index (χ3n) is 1.32. The summed E-state index contributed by atoms with van der Waals surface area (Å²) in [5.41, 5.74) is 1.45. The quantitative estimate of drug-likeness (QED) is 0.560. The number of thioether (sulfide) groups is 2. The van der Waals surface area contributed by atoms with Crippen LogP contribution in [0.2, 0.25) is 0 Å². The molecule has 0 aromatic heterocycles. The van der Waals surface area contributed by atoms with E-state index in [4.69, 9.17) is 0 Å². The maximum absolute atomic E-state index is 2.37. The van der Waals surface area contributed by atoms with E-state index in [1.165, 1.54) is 23.5 Å². The normalized spacial score (nSPS) is 20.6. The van der Waals surface area contributed by atoms with E-state index in [9.17, 15) is 0 Å². The molecule has 0 aromatic carbocycles. The fourth-order valence-corrected chi connectivity index (χ4v) is 3.84. The molecule has 1 aliphatic rings. The zero-order valence-corrected chi connectivity index (χ0v) is 8.23. The zero-order valence-electron chi connectivity index (χ0n) is 6.59. The molecule has 0 spiro atoms. The maximum Gasteiger partial charge on any atom is 0.0684 e. The van der Waals surface area contributed by atoms with E-state index in [1.54, 1.807) is 0 Å². The Bertz CT molecular complexity index is 119. The van der Waals surface area contributed by atoms with Crippen molar-refractivity contribution in [2.24, 2.45) is 0 Å². The first kappa shape index (κ1) is 8.54. The summed E-state index contributed by atoms with van der Waals surface area (Å²) in [7, 11) is 0. The lowest BCUT2D eigenvalue weighted by Crippen LogP contribution is -2.03. The summed E-state index contributed by atoms with van der Waals surface area (Å²) in [6, 6.07) is 0. The average Bonchev–Trinajstić information content (AvgIpc) is 1.88. The minimum atomic E-state index is 0.749. The molecular weight excluding hydrogens is 160 g/mol. The van der Waals surface area contributed by atoms with Crippen molar-refractivity contribution in [3.05, 3.63) is 11.6 Å². The van der Waals surface area contributed by atoms with Crippen LogP contribution >= 0.6 is 23.5 Å². The standard InChI is InChI=1S/C8H14S2/c1-7(2)6-8-9-4-3-5-10-8/h6,8H,3-5H2,1-2H3. The van der Waals surface area contributed by atoms with Crippen LogP contribution in [0, 0.1) is 0 Å². The number of hydrogen-bond donors (Lipinski definition) is 0. The second kappa shape index (κ2) is 4.35. The van der Waals surface area contributed by atoms with Crippen molar-refractivity contribution in [1.82, 2.24) is 0 Å². The summed E-state index contributed by atoms with van der Waals surface area (Å²) in [5.74, 6) is 2.70. The van der Waals surface area contributed by atoms with Gasteiger partial charge in [0.15, 0.2) is 0 Å². The lowest BCUT2D eigenvalue weighted by Gasteiger charge is -2.17. The van der Waals surface area contributed by atoms with E-state index in [0.717, 1.165) is 4.58 Å². The Hall–Kier alpha value is 0.440. The van der Waals surface area contributed by atoms with Gasteiger partial charge in [-0.1, -0.05) is 11.6 Å². The Labute approximate surface area is 71.8 Å². The van der Waals surface area contributed by atoms with Gasteiger partial charge in [0.1, 0.15) is 0 Å². The monoisotopic (exact) mass is 174 g/mol. The van der Waals surface area contributed by atoms with Crippen LogP contribution in [0.15, 0.2) is 11.6 Å². The second-order valence-corrected chi connectivity index (χ2v) is 5.50. The topological polar surface area (TPSA) is 0 Å². The van der Waals surface area contributed by atoms with Gasteiger partial charge >= 0.3 is 0 Å². The highest BCUT2D eigenvalue weighted by Gasteiger charge is 2.10. The fourth-order valence-electron chi connectivity index (χ4n) is 0.874. The predicted octanol–water partition coefficient (Wildman–Crippen LogP) is 3.15. The van der Waals surface area contributed by atoms with Crippen molar-refractivity contribution < 1.29 is 0 Å². The molecule has 0 amide bonds. The van der Waals surface area contributed by atoms with Crippen molar-refractivity contribution in [3.8, 4) is 0 Å². The van der Waals surface area contributed by atoms with Gasteiger partial charge in [0.2, 0.25) is 0 Å². The van der Waals surface area contributed by atoms with Gasteiger partial charge in [0.25, 0.3) is 0 Å². The van der Waals surface area contributed by atoms with Crippen LogP contribution in [0.3, 0.4) is 0 Å². The summed E-state index contributed by atoms with van der Waals surface area (Å²) < 4.78 is 0.749. The largest absolute Gasteiger partial charge is 0.143 e. The first-order valence-electron chi connectivity index (χ1n) is 3.67. The Morgan fingerprint density at radius 3 is 2.40 bits per heavy atom. The van der Waals surface area contributed by atoms with Gasteiger partial charge in [-0.25, -0.2) is 0 Å². The molecule has 0 radical (unpaired) electrons. The molecule has 1 saturated heterocycles. The molecule has 0 atom stereocenters. The van der Waals surface area contributed by atoms with Crippen LogP contribution in [0.5, 0.6) is 0 Å². The molecule has 0 unspecified atom stereocenters. The van der Waals surface area contributed by atoms with Crippen LogP contribution in [-0.4, -0.2) is 16.1 Å². The Morgan fingerprint density at radius 1 is 1.30 bits per heavy atom. The molecular formula is C8H14S2. The fraction of sp³-hybridized carbons (Fsp3) is 0.750. The van der Waals surface area contributed by atoms with Crippen molar-refractivity contribution in [2.45, 2.75) is 24.9 Å². The summed E-state index contributed by atoms with van der Waals surface area (Å²) >= 11 is 4.16. The molecule has 0 saturated carbocycles. The Balaban J connectivity index is 2.33. The third kappa shape index (κ3) is 3.02. The summed E-state index contributed by atoms with van der Waals surface area (Å²) in [6.45, 7) is 4.35. The van der Waals surface area contributed by atoms with E-state index >= 15 is 0 Å². The summed E-state index contributed by atoms with van der Waals surface area (Å²) in [6.07, 6.45) is 3.76. The highest BCUT2D eigenvalue weighted by Crippen LogP contribution is 2.31. The van der Waals surface area contributed by atoms with Crippen LogP contribution in [0.1, 0.15) is 20.3 Å². The number of rotatable bonds is 1. The van der Waals surface area contributed by atoms with Crippen LogP contribution < -0.4 is 0 Å². The summed E-state index contributed by atoms with van der Waals surface area (Å²) in [4.78, 5) is 0. The molecule has 1 fully saturated rings. The van der Waals surface area contributed by atoms with Crippen molar-refractivity contribution in [2.75, 3.05) is 11.5 Å². The molecule has 1 heterocycles. The Kier molecular flexibility index (Phi) is 3.71. The molecule has 1 aliphatic heterocycles. The summed E-state index contributed by atoms with van der Waals surface area (Å²) in [5, 5.41) is 0. The first-order valence-corrected chi connectivity index (χ1v) is 5.77. The predicted molar refractivity (Wildman–Crippen MR) is 52.8 cm³/mol.